The molecule has 3 rings (SSSR count). The largest absolute Gasteiger partial charge is 0.289 e. The minimum atomic E-state index is -0.109. The Bertz CT molecular complexity index is 667. The Morgan fingerprint density at radius 1 is 0.611 bits per heavy atom. The van der Waals surface area contributed by atoms with E-state index in [1.807, 2.05) is 42.5 Å². The molecule has 0 amide bonds. The highest BCUT2D eigenvalue weighted by atomic mass is 16.1. The van der Waals surface area contributed by atoms with Crippen molar-refractivity contribution in [3.8, 4) is 11.1 Å². The van der Waals surface area contributed by atoms with Crippen molar-refractivity contribution in [1.82, 2.24) is 0 Å². The molecule has 0 aliphatic heterocycles. The normalized spacial score (nSPS) is 13.6. The second kappa shape index (κ2) is 4.08. The zero-order chi connectivity index (χ0) is 12.5. The maximum atomic E-state index is 12.0. The summed E-state index contributed by atoms with van der Waals surface area (Å²) in [6.07, 6.45) is 2.68. The number of hydrogen-bond donors (Lipinski definition) is 0. The molecule has 2 aromatic rings. The van der Waals surface area contributed by atoms with Gasteiger partial charge in [0.1, 0.15) is 0 Å². The van der Waals surface area contributed by atoms with Crippen LogP contribution >= 0.6 is 0 Å². The molecule has 0 N–H and O–H groups in total. The number of ketones is 2. The van der Waals surface area contributed by atoms with E-state index in [9.17, 15) is 9.59 Å². The van der Waals surface area contributed by atoms with E-state index in [4.69, 9.17) is 0 Å². The number of rotatable bonds is 1. The van der Waals surface area contributed by atoms with E-state index in [1.165, 1.54) is 12.2 Å². The summed E-state index contributed by atoms with van der Waals surface area (Å²) in [4.78, 5) is 23.8. The first-order valence-corrected chi connectivity index (χ1v) is 5.72. The topological polar surface area (TPSA) is 34.1 Å². The molecule has 2 nitrogen and oxygen atoms in total. The minimum absolute atomic E-state index is 0.107. The van der Waals surface area contributed by atoms with E-state index < -0.39 is 0 Å². The lowest BCUT2D eigenvalue weighted by atomic mass is 9.88. The molecule has 86 valence electrons. The molecule has 2 heteroatoms. The van der Waals surface area contributed by atoms with Crippen LogP contribution in [-0.4, -0.2) is 11.6 Å². The van der Waals surface area contributed by atoms with Crippen LogP contribution in [0.4, 0.5) is 0 Å². The lowest BCUT2D eigenvalue weighted by molar-refractivity contribution is 0.0994. The van der Waals surface area contributed by atoms with Crippen molar-refractivity contribution in [2.24, 2.45) is 0 Å². The molecule has 0 spiro atoms. The highest BCUT2D eigenvalue weighted by Crippen LogP contribution is 2.29. The lowest BCUT2D eigenvalue weighted by Crippen LogP contribution is -2.12. The predicted octanol–water partition coefficient (Wildman–Crippen LogP) is 3.29. The van der Waals surface area contributed by atoms with Gasteiger partial charge >= 0.3 is 0 Å². The van der Waals surface area contributed by atoms with Crippen LogP contribution in [-0.2, 0) is 0 Å². The van der Waals surface area contributed by atoms with Crippen molar-refractivity contribution in [2.45, 2.75) is 0 Å². The van der Waals surface area contributed by atoms with Crippen LogP contribution < -0.4 is 0 Å². The Labute approximate surface area is 105 Å². The fourth-order valence-electron chi connectivity index (χ4n) is 2.21. The van der Waals surface area contributed by atoms with E-state index in [0.29, 0.717) is 11.1 Å². The molecule has 0 saturated carbocycles. The quantitative estimate of drug-likeness (QED) is 0.758. The Morgan fingerprint density at radius 2 is 1.28 bits per heavy atom. The Kier molecular flexibility index (Phi) is 2.41. The van der Waals surface area contributed by atoms with Crippen molar-refractivity contribution in [3.63, 3.8) is 0 Å². The van der Waals surface area contributed by atoms with Crippen molar-refractivity contribution in [3.05, 3.63) is 71.8 Å². The van der Waals surface area contributed by atoms with Crippen molar-refractivity contribution < 1.29 is 9.59 Å². The van der Waals surface area contributed by atoms with Crippen LogP contribution in [0.1, 0.15) is 20.7 Å². The van der Waals surface area contributed by atoms with E-state index in [-0.39, 0.29) is 11.6 Å². The lowest BCUT2D eigenvalue weighted by Gasteiger charge is -2.13. The summed E-state index contributed by atoms with van der Waals surface area (Å²) in [6, 6.07) is 15.0. The van der Waals surface area contributed by atoms with Gasteiger partial charge in [0, 0.05) is 11.1 Å². The van der Waals surface area contributed by atoms with E-state index >= 15 is 0 Å². The zero-order valence-corrected chi connectivity index (χ0v) is 9.59. The van der Waals surface area contributed by atoms with Crippen molar-refractivity contribution in [1.29, 1.82) is 0 Å². The zero-order valence-electron chi connectivity index (χ0n) is 9.59. The van der Waals surface area contributed by atoms with Crippen molar-refractivity contribution in [2.75, 3.05) is 0 Å². The SMILES string of the molecule is O=C1C=CC(=O)c2c1cccc2-c1ccccc1. The molecule has 0 radical (unpaired) electrons. The summed E-state index contributed by atoms with van der Waals surface area (Å²) >= 11 is 0. The highest BCUT2D eigenvalue weighted by molar-refractivity contribution is 6.24. The van der Waals surface area contributed by atoms with Gasteiger partial charge in [-0.05, 0) is 23.3 Å². The standard InChI is InChI=1S/C16H10O2/c17-14-9-10-15(18)16-12(7-4-8-13(14)16)11-5-2-1-3-6-11/h1-10H. The summed E-state index contributed by atoms with van der Waals surface area (Å²) in [5, 5.41) is 0. The van der Waals surface area contributed by atoms with Gasteiger partial charge in [-0.3, -0.25) is 9.59 Å². The molecular formula is C16H10O2. The van der Waals surface area contributed by atoms with Crippen LogP contribution in [0.25, 0.3) is 11.1 Å². The monoisotopic (exact) mass is 234 g/mol. The molecule has 2 aromatic carbocycles. The molecule has 0 aromatic heterocycles. The first-order valence-electron chi connectivity index (χ1n) is 5.72. The number of carbonyl (C=O) groups excluding carboxylic acids is 2. The van der Waals surface area contributed by atoms with Crippen molar-refractivity contribution >= 4 is 11.6 Å². The van der Waals surface area contributed by atoms with E-state index in [1.54, 1.807) is 6.07 Å². The molecule has 0 atom stereocenters. The Morgan fingerprint density at radius 3 is 2.06 bits per heavy atom. The fourth-order valence-corrected chi connectivity index (χ4v) is 2.21. The average molecular weight is 234 g/mol. The first kappa shape index (κ1) is 10.7. The molecular weight excluding hydrogens is 224 g/mol. The molecule has 0 bridgehead atoms. The number of hydrogen-bond acceptors (Lipinski definition) is 2. The van der Waals surface area contributed by atoms with Crippen LogP contribution in [0.5, 0.6) is 0 Å². The minimum Gasteiger partial charge on any atom is -0.289 e. The molecule has 0 saturated heterocycles. The van der Waals surface area contributed by atoms with Gasteiger partial charge in [-0.25, -0.2) is 0 Å². The number of benzene rings is 2. The molecule has 1 aliphatic rings. The summed E-state index contributed by atoms with van der Waals surface area (Å²) in [5.41, 5.74) is 2.77. The smallest absolute Gasteiger partial charge is 0.187 e. The maximum Gasteiger partial charge on any atom is 0.187 e. The molecule has 0 unspecified atom stereocenters. The fraction of sp³-hybridized carbons (Fsp3) is 0. The summed E-state index contributed by atoms with van der Waals surface area (Å²) < 4.78 is 0. The van der Waals surface area contributed by atoms with Crippen LogP contribution in [0.15, 0.2) is 60.7 Å². The molecule has 1 aliphatic carbocycles. The number of carbonyl (C=O) groups is 2. The van der Waals surface area contributed by atoms with Gasteiger partial charge in [-0.2, -0.15) is 0 Å². The third-order valence-corrected chi connectivity index (χ3v) is 3.05. The van der Waals surface area contributed by atoms with E-state index in [0.717, 1.165) is 11.1 Å². The van der Waals surface area contributed by atoms with Gasteiger partial charge < -0.3 is 0 Å². The van der Waals surface area contributed by atoms with E-state index in [2.05, 4.69) is 0 Å². The van der Waals surface area contributed by atoms with Gasteiger partial charge in [0.2, 0.25) is 0 Å². The summed E-state index contributed by atoms with van der Waals surface area (Å²) in [6.45, 7) is 0. The van der Waals surface area contributed by atoms with Gasteiger partial charge in [0.05, 0.1) is 0 Å². The van der Waals surface area contributed by atoms with Crippen LogP contribution in [0.2, 0.25) is 0 Å². The maximum absolute atomic E-state index is 12.0. The number of fused-ring (bicyclic) bond motifs is 1. The van der Waals surface area contributed by atoms with Gasteiger partial charge in [0.15, 0.2) is 11.6 Å². The second-order valence-electron chi connectivity index (χ2n) is 4.16. The van der Waals surface area contributed by atoms with Gasteiger partial charge in [-0.15, -0.1) is 0 Å². The second-order valence-corrected chi connectivity index (χ2v) is 4.16. The molecule has 0 fully saturated rings. The van der Waals surface area contributed by atoms with Crippen LogP contribution in [0.3, 0.4) is 0 Å². The predicted molar refractivity (Wildman–Crippen MR) is 69.7 cm³/mol. The average Bonchev–Trinajstić information content (AvgIpc) is 2.43. The summed E-state index contributed by atoms with van der Waals surface area (Å²) in [5.74, 6) is -0.216. The number of allylic oxidation sites excluding steroid dienone is 2. The van der Waals surface area contributed by atoms with Crippen LogP contribution in [0, 0.1) is 0 Å². The van der Waals surface area contributed by atoms with Gasteiger partial charge in [0.25, 0.3) is 0 Å². The molecule has 0 heterocycles. The Hall–Kier alpha value is -2.48. The highest BCUT2D eigenvalue weighted by Gasteiger charge is 2.22. The molecule has 18 heavy (non-hydrogen) atoms. The first-order chi connectivity index (χ1) is 8.77. The third kappa shape index (κ3) is 1.59. The van der Waals surface area contributed by atoms with Gasteiger partial charge in [-0.1, -0.05) is 48.5 Å². The third-order valence-electron chi connectivity index (χ3n) is 3.05. The Balaban J connectivity index is 2.29. The summed E-state index contributed by atoms with van der Waals surface area (Å²) in [7, 11) is 0.